The molecule has 0 bridgehead atoms. The van der Waals surface area contributed by atoms with E-state index >= 15 is 0 Å². The SMILES string of the molecule is C[C@H]1C2C(=O)c3c([nH]c(-c4ccncc4)c3Nc3ccccc3)C[C@]21C. The number of para-hydroxylation sites is 1. The fraction of sp³-hybridized carbons (Fsp3) is 0.273. The predicted octanol–water partition coefficient (Wildman–Crippen LogP) is 4.83. The minimum atomic E-state index is 0.106. The van der Waals surface area contributed by atoms with Gasteiger partial charge in [-0.25, -0.2) is 0 Å². The van der Waals surface area contributed by atoms with Crippen molar-refractivity contribution in [2.75, 3.05) is 5.32 Å². The Bertz CT molecular complexity index is 993. The molecular formula is C22H21N3O. The maximum atomic E-state index is 13.3. The van der Waals surface area contributed by atoms with Gasteiger partial charge in [0, 0.05) is 35.3 Å². The minimum absolute atomic E-state index is 0.106. The average molecular weight is 343 g/mol. The highest BCUT2D eigenvalue weighted by molar-refractivity contribution is 6.10. The lowest BCUT2D eigenvalue weighted by Crippen LogP contribution is -2.19. The number of H-pyrrole nitrogens is 1. The second-order valence-electron chi connectivity index (χ2n) is 7.77. The van der Waals surface area contributed by atoms with Crippen LogP contribution in [0.4, 0.5) is 11.4 Å². The number of pyridine rings is 1. The molecule has 0 radical (unpaired) electrons. The number of carbonyl (C=O) groups excluding carboxylic acids is 1. The standard InChI is InChI=1S/C22H21N3O/c1-13-18-21(26)17-16(12-22(13,18)2)25-19(14-8-10-23-11-9-14)20(17)24-15-6-4-3-5-7-15/h3-11,13,18,24-25H,12H2,1-2H3/t13-,18?,22-/m0/s1. The molecular weight excluding hydrogens is 322 g/mol. The largest absolute Gasteiger partial charge is 0.356 e. The van der Waals surface area contributed by atoms with Gasteiger partial charge < -0.3 is 10.3 Å². The number of anilines is 2. The Morgan fingerprint density at radius 3 is 2.62 bits per heavy atom. The zero-order valence-corrected chi connectivity index (χ0v) is 14.9. The Morgan fingerprint density at radius 1 is 1.15 bits per heavy atom. The molecule has 3 atom stereocenters. The number of fused-ring (bicyclic) bond motifs is 2. The van der Waals surface area contributed by atoms with Gasteiger partial charge in [0.25, 0.3) is 0 Å². The number of ketones is 1. The summed E-state index contributed by atoms with van der Waals surface area (Å²) in [6.07, 6.45) is 4.49. The van der Waals surface area contributed by atoms with Crippen molar-refractivity contribution in [3.8, 4) is 11.3 Å². The van der Waals surface area contributed by atoms with Gasteiger partial charge in [0.05, 0.1) is 16.9 Å². The topological polar surface area (TPSA) is 57.8 Å². The molecule has 0 spiro atoms. The fourth-order valence-corrected chi connectivity index (χ4v) is 4.61. The summed E-state index contributed by atoms with van der Waals surface area (Å²) >= 11 is 0. The molecule has 130 valence electrons. The van der Waals surface area contributed by atoms with E-state index in [1.54, 1.807) is 12.4 Å². The summed E-state index contributed by atoms with van der Waals surface area (Å²) in [4.78, 5) is 20.9. The van der Waals surface area contributed by atoms with E-state index in [9.17, 15) is 4.79 Å². The number of nitrogens with one attached hydrogen (secondary N) is 2. The van der Waals surface area contributed by atoms with Crippen LogP contribution in [-0.4, -0.2) is 15.8 Å². The Labute approximate surface area is 152 Å². The Balaban J connectivity index is 1.68. The molecule has 1 unspecified atom stereocenters. The first-order valence-electron chi connectivity index (χ1n) is 9.11. The van der Waals surface area contributed by atoms with E-state index in [2.05, 4.69) is 29.1 Å². The van der Waals surface area contributed by atoms with E-state index in [1.807, 2.05) is 42.5 Å². The Hall–Kier alpha value is -2.88. The van der Waals surface area contributed by atoms with Crippen molar-refractivity contribution < 1.29 is 4.79 Å². The van der Waals surface area contributed by atoms with Crippen molar-refractivity contribution >= 4 is 17.2 Å². The molecule has 1 aromatic carbocycles. The van der Waals surface area contributed by atoms with Crippen molar-refractivity contribution in [2.24, 2.45) is 17.3 Å². The molecule has 5 rings (SSSR count). The molecule has 2 aromatic heterocycles. The first kappa shape index (κ1) is 15.4. The molecule has 4 heteroatoms. The third-order valence-corrected chi connectivity index (χ3v) is 6.32. The van der Waals surface area contributed by atoms with Crippen LogP contribution in [-0.2, 0) is 6.42 Å². The van der Waals surface area contributed by atoms with Crippen LogP contribution in [0.1, 0.15) is 29.9 Å². The van der Waals surface area contributed by atoms with Gasteiger partial charge >= 0.3 is 0 Å². The summed E-state index contributed by atoms with van der Waals surface area (Å²) in [5.41, 5.74) is 5.88. The molecule has 2 aliphatic rings. The monoisotopic (exact) mass is 343 g/mol. The lowest BCUT2D eigenvalue weighted by atomic mass is 9.87. The van der Waals surface area contributed by atoms with Gasteiger partial charge in [-0.2, -0.15) is 0 Å². The molecule has 2 heterocycles. The number of nitrogens with zero attached hydrogens (tertiary/aromatic N) is 1. The van der Waals surface area contributed by atoms with Crippen molar-refractivity contribution in [1.29, 1.82) is 0 Å². The van der Waals surface area contributed by atoms with Gasteiger partial charge in [0.1, 0.15) is 0 Å². The minimum Gasteiger partial charge on any atom is -0.356 e. The van der Waals surface area contributed by atoms with Crippen LogP contribution in [0, 0.1) is 17.3 Å². The summed E-state index contributed by atoms with van der Waals surface area (Å²) in [6, 6.07) is 14.0. The van der Waals surface area contributed by atoms with Gasteiger partial charge in [-0.1, -0.05) is 32.0 Å². The second kappa shape index (κ2) is 5.31. The third-order valence-electron chi connectivity index (χ3n) is 6.32. The molecule has 0 saturated heterocycles. The Morgan fingerprint density at radius 2 is 1.88 bits per heavy atom. The Kier molecular flexibility index (Phi) is 3.14. The average Bonchev–Trinajstić information content (AvgIpc) is 3.03. The van der Waals surface area contributed by atoms with E-state index < -0.39 is 0 Å². The third kappa shape index (κ3) is 2.08. The van der Waals surface area contributed by atoms with Crippen LogP contribution in [0.25, 0.3) is 11.3 Å². The van der Waals surface area contributed by atoms with E-state index in [-0.39, 0.29) is 17.1 Å². The predicted molar refractivity (Wildman–Crippen MR) is 103 cm³/mol. The molecule has 2 N–H and O–H groups in total. The maximum Gasteiger partial charge on any atom is 0.170 e. The summed E-state index contributed by atoms with van der Waals surface area (Å²) in [6.45, 7) is 4.43. The number of aromatic amines is 1. The fourth-order valence-electron chi connectivity index (χ4n) is 4.61. The van der Waals surface area contributed by atoms with Gasteiger partial charge in [-0.05, 0) is 42.0 Å². The molecule has 3 aromatic rings. The normalized spacial score (nSPS) is 26.2. The van der Waals surface area contributed by atoms with E-state index in [0.717, 1.165) is 40.3 Å². The first-order valence-corrected chi connectivity index (χ1v) is 9.11. The summed E-state index contributed by atoms with van der Waals surface area (Å²) in [7, 11) is 0. The van der Waals surface area contributed by atoms with Crippen molar-refractivity contribution in [1.82, 2.24) is 9.97 Å². The zero-order valence-electron chi connectivity index (χ0n) is 14.9. The van der Waals surface area contributed by atoms with Crippen molar-refractivity contribution in [2.45, 2.75) is 20.3 Å². The van der Waals surface area contributed by atoms with Crippen molar-refractivity contribution in [3.63, 3.8) is 0 Å². The molecule has 1 fully saturated rings. The van der Waals surface area contributed by atoms with Crippen LogP contribution in [0.2, 0.25) is 0 Å². The smallest absolute Gasteiger partial charge is 0.170 e. The van der Waals surface area contributed by atoms with Crippen molar-refractivity contribution in [3.05, 3.63) is 66.1 Å². The van der Waals surface area contributed by atoms with Gasteiger partial charge in [-0.15, -0.1) is 0 Å². The van der Waals surface area contributed by atoms with Gasteiger partial charge in [0.15, 0.2) is 5.78 Å². The summed E-state index contributed by atoms with van der Waals surface area (Å²) < 4.78 is 0. The number of hydrogen-bond donors (Lipinski definition) is 2. The number of carbonyl (C=O) groups is 1. The van der Waals surface area contributed by atoms with Crippen LogP contribution >= 0.6 is 0 Å². The lowest BCUT2D eigenvalue weighted by Gasteiger charge is -2.18. The number of benzene rings is 1. The zero-order chi connectivity index (χ0) is 17.9. The lowest BCUT2D eigenvalue weighted by molar-refractivity contribution is 0.0939. The molecule has 0 amide bonds. The summed E-state index contributed by atoms with van der Waals surface area (Å²) in [5, 5.41) is 3.50. The van der Waals surface area contributed by atoms with Crippen LogP contribution < -0.4 is 5.32 Å². The van der Waals surface area contributed by atoms with Gasteiger partial charge in [-0.3, -0.25) is 9.78 Å². The molecule has 0 aliphatic heterocycles. The van der Waals surface area contributed by atoms with E-state index in [1.165, 1.54) is 0 Å². The number of Topliss-reactive ketones (excluding diaryl/α,β-unsaturated/α-hetero) is 1. The van der Waals surface area contributed by atoms with Crippen LogP contribution in [0.3, 0.4) is 0 Å². The quantitative estimate of drug-likeness (QED) is 0.716. The van der Waals surface area contributed by atoms with Gasteiger partial charge in [0.2, 0.25) is 0 Å². The van der Waals surface area contributed by atoms with Crippen LogP contribution in [0.5, 0.6) is 0 Å². The number of rotatable bonds is 3. The first-order chi connectivity index (χ1) is 12.6. The molecule has 4 nitrogen and oxygen atoms in total. The molecule has 26 heavy (non-hydrogen) atoms. The van der Waals surface area contributed by atoms with E-state index in [4.69, 9.17) is 0 Å². The maximum absolute atomic E-state index is 13.3. The summed E-state index contributed by atoms with van der Waals surface area (Å²) in [5.74, 6) is 0.869. The number of aromatic nitrogens is 2. The molecule has 2 aliphatic carbocycles. The highest BCUT2D eigenvalue weighted by Gasteiger charge is 2.65. The highest BCUT2D eigenvalue weighted by Crippen LogP contribution is 2.65. The molecule has 1 saturated carbocycles. The van der Waals surface area contributed by atoms with E-state index in [0.29, 0.717) is 5.92 Å². The highest BCUT2D eigenvalue weighted by atomic mass is 16.1. The second-order valence-corrected chi connectivity index (χ2v) is 7.77. The van der Waals surface area contributed by atoms with Crippen LogP contribution in [0.15, 0.2) is 54.9 Å². The number of hydrogen-bond acceptors (Lipinski definition) is 3.